The van der Waals surface area contributed by atoms with Gasteiger partial charge in [0.1, 0.15) is 0 Å². The monoisotopic (exact) mass is 317 g/mol. The Labute approximate surface area is 136 Å². The number of aromatic nitrogens is 5. The molecule has 1 N–H and O–H groups in total. The molecule has 0 bridgehead atoms. The van der Waals surface area contributed by atoms with Crippen LogP contribution in [0.2, 0.25) is 0 Å². The number of hydrogen-bond acceptors (Lipinski definition) is 5. The third kappa shape index (κ3) is 2.72. The zero-order valence-electron chi connectivity index (χ0n) is 12.4. The average molecular weight is 317 g/mol. The number of H-pyrrole nitrogens is 1. The van der Waals surface area contributed by atoms with Gasteiger partial charge in [0, 0.05) is 23.7 Å². The molecule has 4 rings (SSSR count). The van der Waals surface area contributed by atoms with Crippen LogP contribution < -0.4 is 0 Å². The Bertz CT molecular complexity index is 943. The van der Waals surface area contributed by atoms with E-state index in [9.17, 15) is 4.79 Å². The average Bonchev–Trinajstić information content (AvgIpc) is 3.28. The molecule has 0 radical (unpaired) electrons. The zero-order chi connectivity index (χ0) is 16.4. The first-order valence-electron chi connectivity index (χ1n) is 7.23. The molecule has 8 nitrogen and oxygen atoms in total. The zero-order valence-corrected chi connectivity index (χ0v) is 12.4. The summed E-state index contributed by atoms with van der Waals surface area (Å²) in [7, 11) is 0. The van der Waals surface area contributed by atoms with Crippen molar-refractivity contribution in [3.63, 3.8) is 0 Å². The van der Waals surface area contributed by atoms with Crippen molar-refractivity contribution in [2.45, 2.75) is 6.42 Å². The van der Waals surface area contributed by atoms with Crippen molar-refractivity contribution in [2.75, 3.05) is 0 Å². The molecule has 1 aliphatic heterocycles. The van der Waals surface area contributed by atoms with Crippen LogP contribution in [0.4, 0.5) is 4.79 Å². The Morgan fingerprint density at radius 2 is 1.92 bits per heavy atom. The van der Waals surface area contributed by atoms with Gasteiger partial charge in [-0.3, -0.25) is 4.98 Å². The van der Waals surface area contributed by atoms with Gasteiger partial charge in [0.25, 0.3) is 0 Å². The minimum Gasteiger partial charge on any atom is -0.256 e. The largest absolute Gasteiger partial charge is 0.367 e. The first-order chi connectivity index (χ1) is 11.8. The van der Waals surface area contributed by atoms with Crippen LogP contribution in [0, 0.1) is 0 Å². The quantitative estimate of drug-likeness (QED) is 0.792. The van der Waals surface area contributed by atoms with E-state index in [4.69, 9.17) is 0 Å². The van der Waals surface area contributed by atoms with Crippen molar-refractivity contribution in [2.24, 2.45) is 9.98 Å². The van der Waals surface area contributed by atoms with E-state index in [1.165, 1.54) is 6.21 Å². The molecule has 8 heteroatoms. The lowest BCUT2D eigenvalue weighted by atomic mass is 10.0. The van der Waals surface area contributed by atoms with Gasteiger partial charge in [-0.2, -0.15) is 9.98 Å². The molecule has 24 heavy (non-hydrogen) atoms. The summed E-state index contributed by atoms with van der Waals surface area (Å²) in [5.41, 5.74) is 4.21. The molecule has 3 heterocycles. The molecule has 0 saturated carbocycles. The van der Waals surface area contributed by atoms with Gasteiger partial charge in [-0.1, -0.05) is 30.3 Å². The number of carbonyl (C=O) groups is 1. The number of tetrazole rings is 1. The van der Waals surface area contributed by atoms with Gasteiger partial charge in [-0.05, 0) is 22.1 Å². The molecule has 2 aromatic heterocycles. The molecular formula is C16H11N7O. The topological polar surface area (TPSA) is 109 Å². The lowest BCUT2D eigenvalue weighted by molar-refractivity contribution is 0.257. The minimum atomic E-state index is -0.454. The van der Waals surface area contributed by atoms with Gasteiger partial charge in [-0.25, -0.2) is 9.89 Å². The second kappa shape index (κ2) is 5.92. The predicted molar refractivity (Wildman–Crippen MR) is 87.9 cm³/mol. The van der Waals surface area contributed by atoms with Gasteiger partial charge >= 0.3 is 6.03 Å². The third-order valence-electron chi connectivity index (χ3n) is 3.58. The molecule has 0 saturated heterocycles. The fourth-order valence-corrected chi connectivity index (χ4v) is 2.48. The standard InChI is InChI=1S/C16H11N7O/c24-16-18-9-11(19-16)7-10-5-6-14(17-8-10)12-3-1-2-4-13(12)15-20-22-23-21-15/h1-6,8-9H,7H2,(H,20,21,22,23). The van der Waals surface area contributed by atoms with Crippen molar-refractivity contribution >= 4 is 18.0 Å². The molecule has 1 aromatic carbocycles. The number of nitrogens with one attached hydrogen (secondary N) is 1. The molecule has 0 atom stereocenters. The van der Waals surface area contributed by atoms with Crippen molar-refractivity contribution in [1.82, 2.24) is 25.6 Å². The number of nitrogens with zero attached hydrogens (tertiary/aromatic N) is 6. The van der Waals surface area contributed by atoms with Gasteiger partial charge in [0.05, 0.1) is 17.6 Å². The molecule has 0 spiro atoms. The van der Waals surface area contributed by atoms with E-state index in [2.05, 4.69) is 35.6 Å². The van der Waals surface area contributed by atoms with Crippen molar-refractivity contribution in [3.8, 4) is 22.6 Å². The highest BCUT2D eigenvalue weighted by Crippen LogP contribution is 2.28. The second-order valence-corrected chi connectivity index (χ2v) is 5.17. The summed E-state index contributed by atoms with van der Waals surface area (Å²) >= 11 is 0. The first kappa shape index (κ1) is 14.1. The van der Waals surface area contributed by atoms with Crippen LogP contribution in [-0.4, -0.2) is 43.6 Å². The fourth-order valence-electron chi connectivity index (χ4n) is 2.48. The molecule has 0 fully saturated rings. The number of aromatic amines is 1. The summed E-state index contributed by atoms with van der Waals surface area (Å²) in [5.74, 6) is 0.589. The predicted octanol–water partition coefficient (Wildman–Crippen LogP) is 2.12. The van der Waals surface area contributed by atoms with Crippen LogP contribution in [0.5, 0.6) is 0 Å². The van der Waals surface area contributed by atoms with E-state index < -0.39 is 6.03 Å². The summed E-state index contributed by atoms with van der Waals surface area (Å²) in [5, 5.41) is 14.0. The first-order valence-corrected chi connectivity index (χ1v) is 7.23. The summed E-state index contributed by atoms with van der Waals surface area (Å²) in [6, 6.07) is 11.2. The lowest BCUT2D eigenvalue weighted by Gasteiger charge is -2.07. The Morgan fingerprint density at radius 3 is 2.58 bits per heavy atom. The van der Waals surface area contributed by atoms with Gasteiger partial charge in [0.15, 0.2) is 5.82 Å². The summed E-state index contributed by atoms with van der Waals surface area (Å²) in [6.45, 7) is 0. The highest BCUT2D eigenvalue weighted by Gasteiger charge is 2.12. The SMILES string of the molecule is O=C1N=CC(Cc2ccc(-c3ccccc3-c3nnn[nH]3)nc2)=N1. The number of urea groups is 1. The highest BCUT2D eigenvalue weighted by atomic mass is 16.2. The molecule has 1 aliphatic rings. The van der Waals surface area contributed by atoms with Gasteiger partial charge in [0.2, 0.25) is 0 Å². The molecule has 0 aliphatic carbocycles. The smallest absolute Gasteiger partial charge is 0.256 e. The molecule has 116 valence electrons. The number of rotatable bonds is 4. The summed E-state index contributed by atoms with van der Waals surface area (Å²) < 4.78 is 0. The van der Waals surface area contributed by atoms with Crippen molar-refractivity contribution < 1.29 is 4.79 Å². The molecular weight excluding hydrogens is 306 g/mol. The molecule has 0 unspecified atom stereocenters. The number of carbonyl (C=O) groups excluding carboxylic acids is 1. The normalized spacial score (nSPS) is 13.3. The van der Waals surface area contributed by atoms with E-state index >= 15 is 0 Å². The van der Waals surface area contributed by atoms with Gasteiger partial charge < -0.3 is 0 Å². The van der Waals surface area contributed by atoms with Crippen LogP contribution in [0.15, 0.2) is 52.6 Å². The Kier molecular flexibility index (Phi) is 3.47. The maximum Gasteiger partial charge on any atom is 0.367 e. The number of hydrogen-bond donors (Lipinski definition) is 1. The number of amides is 2. The second-order valence-electron chi connectivity index (χ2n) is 5.17. The number of benzene rings is 1. The van der Waals surface area contributed by atoms with Crippen molar-refractivity contribution in [1.29, 1.82) is 0 Å². The van der Waals surface area contributed by atoms with Crippen LogP contribution in [-0.2, 0) is 6.42 Å². The highest BCUT2D eigenvalue weighted by molar-refractivity contribution is 6.37. The maximum atomic E-state index is 11.0. The Morgan fingerprint density at radius 1 is 1.04 bits per heavy atom. The van der Waals surface area contributed by atoms with Crippen LogP contribution in [0.1, 0.15) is 5.56 Å². The molecule has 3 aromatic rings. The fraction of sp³-hybridized carbons (Fsp3) is 0.0625. The van der Waals surface area contributed by atoms with Crippen LogP contribution >= 0.6 is 0 Å². The van der Waals surface area contributed by atoms with Crippen LogP contribution in [0.3, 0.4) is 0 Å². The Balaban J connectivity index is 1.63. The number of pyridine rings is 1. The van der Waals surface area contributed by atoms with E-state index in [1.807, 2.05) is 36.4 Å². The number of aliphatic imine (C=N–C) groups is 2. The summed E-state index contributed by atoms with van der Waals surface area (Å²) in [4.78, 5) is 22.9. The van der Waals surface area contributed by atoms with Crippen molar-refractivity contribution in [3.05, 3.63) is 48.2 Å². The minimum absolute atomic E-state index is 0.454. The third-order valence-corrected chi connectivity index (χ3v) is 3.58. The van der Waals surface area contributed by atoms with E-state index in [0.717, 1.165) is 22.4 Å². The lowest BCUT2D eigenvalue weighted by Crippen LogP contribution is -2.02. The van der Waals surface area contributed by atoms with Crippen LogP contribution in [0.25, 0.3) is 22.6 Å². The van der Waals surface area contributed by atoms with E-state index in [0.29, 0.717) is 18.0 Å². The Hall–Kier alpha value is -3.55. The molecule has 2 amide bonds. The maximum absolute atomic E-state index is 11.0. The van der Waals surface area contributed by atoms with Gasteiger partial charge in [-0.15, -0.1) is 5.10 Å². The van der Waals surface area contributed by atoms with E-state index in [1.54, 1.807) is 6.20 Å². The van der Waals surface area contributed by atoms with E-state index in [-0.39, 0.29) is 0 Å². The summed E-state index contributed by atoms with van der Waals surface area (Å²) in [6.07, 6.45) is 3.78.